The van der Waals surface area contributed by atoms with Gasteiger partial charge in [0.15, 0.2) is 0 Å². The minimum absolute atomic E-state index is 0.00115. The van der Waals surface area contributed by atoms with E-state index in [1.807, 2.05) is 30.1 Å². The lowest BCUT2D eigenvalue weighted by molar-refractivity contribution is 0.163. The predicted molar refractivity (Wildman–Crippen MR) is 80.4 cm³/mol. The van der Waals surface area contributed by atoms with Crippen molar-refractivity contribution in [2.45, 2.75) is 39.7 Å². The zero-order chi connectivity index (χ0) is 15.0. The van der Waals surface area contributed by atoms with Gasteiger partial charge in [-0.2, -0.15) is 0 Å². The van der Waals surface area contributed by atoms with Crippen LogP contribution in [0.3, 0.4) is 0 Å². The average molecular weight is 281 g/mol. The van der Waals surface area contributed by atoms with Crippen molar-refractivity contribution < 1.29 is 9.90 Å². The van der Waals surface area contributed by atoms with Crippen LogP contribution in [0, 0.1) is 5.41 Å². The molecule has 0 aromatic carbocycles. The van der Waals surface area contributed by atoms with E-state index in [1.54, 1.807) is 0 Å². The molecular weight excluding hydrogens is 254 g/mol. The molecule has 0 spiro atoms. The molecule has 1 rings (SSSR count). The number of carbonyl (C=O) groups excluding carboxylic acids is 1. The van der Waals surface area contributed by atoms with Crippen LogP contribution in [-0.4, -0.2) is 28.9 Å². The van der Waals surface area contributed by atoms with Crippen molar-refractivity contribution in [1.29, 1.82) is 0 Å². The molecule has 114 valence electrons. The van der Waals surface area contributed by atoms with Crippen molar-refractivity contribution in [2.24, 2.45) is 12.5 Å². The SMILES string of the molecule is CCC(CC)(CCO)CNC(=O)NCc1ccn(C)c1. The largest absolute Gasteiger partial charge is 0.396 e. The Bertz CT molecular complexity index is 411. The molecule has 0 fully saturated rings. The molecule has 0 atom stereocenters. The van der Waals surface area contributed by atoms with E-state index in [9.17, 15) is 4.79 Å². The Morgan fingerprint density at radius 1 is 1.35 bits per heavy atom. The molecule has 3 N–H and O–H groups in total. The zero-order valence-electron chi connectivity index (χ0n) is 12.8. The maximum absolute atomic E-state index is 11.8. The quantitative estimate of drug-likeness (QED) is 0.682. The van der Waals surface area contributed by atoms with Crippen LogP contribution in [-0.2, 0) is 13.6 Å². The van der Waals surface area contributed by atoms with Gasteiger partial charge in [-0.15, -0.1) is 0 Å². The zero-order valence-corrected chi connectivity index (χ0v) is 12.8. The number of amides is 2. The molecule has 0 saturated heterocycles. The molecule has 0 radical (unpaired) electrons. The summed E-state index contributed by atoms with van der Waals surface area (Å²) in [5, 5.41) is 14.9. The van der Waals surface area contributed by atoms with E-state index >= 15 is 0 Å². The van der Waals surface area contributed by atoms with E-state index < -0.39 is 0 Å². The lowest BCUT2D eigenvalue weighted by Gasteiger charge is -2.31. The molecule has 0 aliphatic rings. The summed E-state index contributed by atoms with van der Waals surface area (Å²) >= 11 is 0. The van der Waals surface area contributed by atoms with Crippen LogP contribution in [0.5, 0.6) is 0 Å². The molecule has 0 unspecified atom stereocenters. The molecular formula is C15H27N3O2. The first-order valence-electron chi connectivity index (χ1n) is 7.28. The Kier molecular flexibility index (Phi) is 6.58. The number of hydrogen-bond donors (Lipinski definition) is 3. The Hall–Kier alpha value is -1.49. The van der Waals surface area contributed by atoms with Gasteiger partial charge in [0.05, 0.1) is 0 Å². The van der Waals surface area contributed by atoms with Gasteiger partial charge in [-0.05, 0) is 36.3 Å². The van der Waals surface area contributed by atoms with Gasteiger partial charge < -0.3 is 20.3 Å². The van der Waals surface area contributed by atoms with Crippen molar-refractivity contribution in [3.8, 4) is 0 Å². The minimum Gasteiger partial charge on any atom is -0.396 e. The fraction of sp³-hybridized carbons (Fsp3) is 0.667. The highest BCUT2D eigenvalue weighted by Gasteiger charge is 2.25. The van der Waals surface area contributed by atoms with Crippen molar-refractivity contribution in [1.82, 2.24) is 15.2 Å². The van der Waals surface area contributed by atoms with Gasteiger partial charge >= 0.3 is 6.03 Å². The highest BCUT2D eigenvalue weighted by atomic mass is 16.3. The van der Waals surface area contributed by atoms with E-state index in [0.29, 0.717) is 13.1 Å². The normalized spacial score (nSPS) is 11.4. The summed E-state index contributed by atoms with van der Waals surface area (Å²) in [6, 6.07) is 1.83. The van der Waals surface area contributed by atoms with Gasteiger partial charge in [0.1, 0.15) is 0 Å². The van der Waals surface area contributed by atoms with Crippen LogP contribution in [0.4, 0.5) is 4.79 Å². The molecule has 0 aliphatic carbocycles. The molecule has 5 heteroatoms. The van der Waals surface area contributed by atoms with Gasteiger partial charge in [0.2, 0.25) is 0 Å². The molecule has 0 saturated carbocycles. The lowest BCUT2D eigenvalue weighted by Crippen LogP contribution is -2.42. The Morgan fingerprint density at radius 2 is 2.05 bits per heavy atom. The second-order valence-electron chi connectivity index (χ2n) is 5.40. The van der Waals surface area contributed by atoms with Gasteiger partial charge in [-0.25, -0.2) is 4.79 Å². The fourth-order valence-corrected chi connectivity index (χ4v) is 2.36. The molecule has 0 bridgehead atoms. The number of aliphatic hydroxyl groups is 1. The minimum atomic E-state index is -0.155. The summed E-state index contributed by atoms with van der Waals surface area (Å²) < 4.78 is 1.95. The van der Waals surface area contributed by atoms with Gasteiger partial charge in [0, 0.05) is 39.1 Å². The second kappa shape index (κ2) is 7.94. The van der Waals surface area contributed by atoms with Crippen LogP contribution >= 0.6 is 0 Å². The number of urea groups is 1. The van der Waals surface area contributed by atoms with Crippen molar-refractivity contribution in [3.05, 3.63) is 24.0 Å². The molecule has 20 heavy (non-hydrogen) atoms. The number of hydrogen-bond acceptors (Lipinski definition) is 2. The van der Waals surface area contributed by atoms with Crippen LogP contribution in [0.25, 0.3) is 0 Å². The summed E-state index contributed by atoms with van der Waals surface area (Å²) in [7, 11) is 1.95. The highest BCUT2D eigenvalue weighted by molar-refractivity contribution is 5.73. The first kappa shape index (κ1) is 16.6. The smallest absolute Gasteiger partial charge is 0.315 e. The Balaban J connectivity index is 2.37. The van der Waals surface area contributed by atoms with Crippen LogP contribution in [0.1, 0.15) is 38.7 Å². The summed E-state index contributed by atoms with van der Waals surface area (Å²) in [5.74, 6) is 0. The molecule has 0 aliphatic heterocycles. The monoisotopic (exact) mass is 281 g/mol. The van der Waals surface area contributed by atoms with Gasteiger partial charge in [-0.3, -0.25) is 0 Å². The maximum Gasteiger partial charge on any atom is 0.315 e. The summed E-state index contributed by atoms with van der Waals surface area (Å²) in [4.78, 5) is 11.8. The fourth-order valence-electron chi connectivity index (χ4n) is 2.36. The summed E-state index contributed by atoms with van der Waals surface area (Å²) in [6.45, 7) is 5.49. The second-order valence-corrected chi connectivity index (χ2v) is 5.40. The maximum atomic E-state index is 11.8. The topological polar surface area (TPSA) is 66.3 Å². The van der Waals surface area contributed by atoms with Crippen LogP contribution in [0.15, 0.2) is 18.5 Å². The number of nitrogens with one attached hydrogen (secondary N) is 2. The lowest BCUT2D eigenvalue weighted by atomic mass is 9.79. The number of carbonyl (C=O) groups is 1. The third kappa shape index (κ3) is 4.89. The van der Waals surface area contributed by atoms with E-state index in [1.165, 1.54) is 0 Å². The molecule has 2 amide bonds. The number of aryl methyl sites for hydroxylation is 1. The van der Waals surface area contributed by atoms with E-state index in [2.05, 4.69) is 24.5 Å². The number of aliphatic hydroxyl groups excluding tert-OH is 1. The average Bonchev–Trinajstić information content (AvgIpc) is 2.87. The first-order chi connectivity index (χ1) is 9.55. The Labute approximate surface area is 121 Å². The van der Waals surface area contributed by atoms with E-state index in [-0.39, 0.29) is 18.1 Å². The first-order valence-corrected chi connectivity index (χ1v) is 7.28. The van der Waals surface area contributed by atoms with Crippen molar-refractivity contribution in [3.63, 3.8) is 0 Å². The van der Waals surface area contributed by atoms with E-state index in [4.69, 9.17) is 5.11 Å². The van der Waals surface area contributed by atoms with Crippen LogP contribution < -0.4 is 10.6 Å². The summed E-state index contributed by atoms with van der Waals surface area (Å²) in [6.07, 6.45) is 6.55. The van der Waals surface area contributed by atoms with Crippen molar-refractivity contribution in [2.75, 3.05) is 13.2 Å². The van der Waals surface area contributed by atoms with Gasteiger partial charge in [-0.1, -0.05) is 13.8 Å². The molecule has 1 aromatic heterocycles. The van der Waals surface area contributed by atoms with E-state index in [0.717, 1.165) is 24.8 Å². The molecule has 1 aromatic rings. The number of nitrogens with zero attached hydrogens (tertiary/aromatic N) is 1. The molecule has 1 heterocycles. The van der Waals surface area contributed by atoms with Gasteiger partial charge in [0.25, 0.3) is 0 Å². The third-order valence-corrected chi connectivity index (χ3v) is 4.11. The number of aromatic nitrogens is 1. The summed E-state index contributed by atoms with van der Waals surface area (Å²) in [5.41, 5.74) is 1.08. The Morgan fingerprint density at radius 3 is 2.55 bits per heavy atom. The number of rotatable bonds is 8. The standard InChI is InChI=1S/C15H27N3O2/c1-4-15(5-2,7-9-19)12-17-14(20)16-10-13-6-8-18(3)11-13/h6,8,11,19H,4-5,7,9-10,12H2,1-3H3,(H2,16,17,20). The van der Waals surface area contributed by atoms with Crippen molar-refractivity contribution >= 4 is 6.03 Å². The van der Waals surface area contributed by atoms with Crippen LogP contribution in [0.2, 0.25) is 0 Å². The third-order valence-electron chi connectivity index (χ3n) is 4.11. The predicted octanol–water partition coefficient (Wildman–Crippen LogP) is 2.01. The highest BCUT2D eigenvalue weighted by Crippen LogP contribution is 2.29. The molecule has 5 nitrogen and oxygen atoms in total.